The Bertz CT molecular complexity index is 890. The zero-order valence-corrected chi connectivity index (χ0v) is 24.8. The van der Waals surface area contributed by atoms with Crippen LogP contribution in [-0.4, -0.2) is 71.8 Å². The zero-order chi connectivity index (χ0) is 30.8. The van der Waals surface area contributed by atoms with Crippen molar-refractivity contribution >= 4 is 35.5 Å². The summed E-state index contributed by atoms with van der Waals surface area (Å²) in [5.74, 6) is -5.04. The predicted octanol–water partition coefficient (Wildman–Crippen LogP) is -0.686. The molecule has 6 atom stereocenters. The first-order valence-electron chi connectivity index (χ1n) is 13.2. The van der Waals surface area contributed by atoms with Gasteiger partial charge in [-0.2, -0.15) is 0 Å². The molecule has 224 valence electrons. The zero-order valence-electron chi connectivity index (χ0n) is 24.8. The highest BCUT2D eigenvalue weighted by molar-refractivity contribution is 5.93. The van der Waals surface area contributed by atoms with Crippen molar-refractivity contribution in [2.24, 2.45) is 35.1 Å². The molecule has 0 saturated carbocycles. The highest BCUT2D eigenvalue weighted by Gasteiger charge is 2.35. The summed E-state index contributed by atoms with van der Waals surface area (Å²) >= 11 is 0. The van der Waals surface area contributed by atoms with E-state index in [1.807, 2.05) is 0 Å². The quantitative estimate of drug-likeness (QED) is 0.142. The van der Waals surface area contributed by atoms with E-state index in [1.165, 1.54) is 13.8 Å². The molecule has 13 nitrogen and oxygen atoms in total. The lowest BCUT2D eigenvalue weighted by molar-refractivity contribution is -0.156. The van der Waals surface area contributed by atoms with Crippen molar-refractivity contribution in [3.8, 4) is 0 Å². The van der Waals surface area contributed by atoms with Crippen molar-refractivity contribution in [2.75, 3.05) is 0 Å². The number of ether oxygens (including phenoxy) is 1. The minimum Gasteiger partial charge on any atom is -0.459 e. The van der Waals surface area contributed by atoms with E-state index in [0.29, 0.717) is 0 Å². The van der Waals surface area contributed by atoms with E-state index in [9.17, 15) is 28.8 Å². The lowest BCUT2D eigenvalue weighted by Crippen LogP contribution is -2.60. The van der Waals surface area contributed by atoms with Gasteiger partial charge in [-0.3, -0.25) is 24.0 Å². The molecule has 0 spiro atoms. The molecule has 13 heteroatoms. The first kappa shape index (κ1) is 35.8. The van der Waals surface area contributed by atoms with Crippen molar-refractivity contribution in [3.63, 3.8) is 0 Å². The number of nitrogens with one attached hydrogen (secondary N) is 4. The van der Waals surface area contributed by atoms with Crippen LogP contribution in [0, 0.1) is 23.7 Å². The fourth-order valence-corrected chi connectivity index (χ4v) is 3.63. The third-order valence-electron chi connectivity index (χ3n) is 6.15. The molecular formula is C26H48N6O7. The smallest absolute Gasteiger partial charge is 0.329 e. The predicted molar refractivity (Wildman–Crippen MR) is 145 cm³/mol. The Morgan fingerprint density at radius 2 is 0.923 bits per heavy atom. The van der Waals surface area contributed by atoms with Crippen LogP contribution in [0.1, 0.15) is 69.2 Å². The second kappa shape index (κ2) is 16.0. The average Bonchev–Trinajstić information content (AvgIpc) is 2.80. The topological polar surface area (TPSA) is 212 Å². The molecule has 0 aromatic carbocycles. The monoisotopic (exact) mass is 556 g/mol. The SMILES string of the molecule is CC(=O)N[C@H](C(=O)N[C@H](C(=O)O[C@H](C)[C@H](N)C(=O)N[C@H](C(=O)N[C@H](C(N)=O)C(C)C)C(C)C)C(C)C)C(C)C. The summed E-state index contributed by atoms with van der Waals surface area (Å²) in [4.78, 5) is 74.6. The Morgan fingerprint density at radius 3 is 1.28 bits per heavy atom. The number of esters is 1. The van der Waals surface area contributed by atoms with Gasteiger partial charge in [0, 0.05) is 6.92 Å². The minimum absolute atomic E-state index is 0.237. The minimum atomic E-state index is -1.34. The molecule has 0 aliphatic carbocycles. The van der Waals surface area contributed by atoms with Crippen molar-refractivity contribution in [3.05, 3.63) is 0 Å². The molecule has 0 rings (SSSR count). The standard InChI is InChI=1S/C26H48N6O7/c1-11(2)18(22(28)34)30-25(37)20(13(5)6)31-23(35)17(27)15(9)39-26(38)21(14(7)8)32-24(36)19(12(3)4)29-16(10)33/h11-15,17-21H,27H2,1-10H3,(H2,28,34)(H,29,33)(H,30,37)(H,31,35)(H,32,36)/t15-,17+,18+,19+,20+,21+/m1/s1. The fraction of sp³-hybridized carbons (Fsp3) is 0.769. The van der Waals surface area contributed by atoms with E-state index in [-0.39, 0.29) is 29.6 Å². The number of hydrogen-bond donors (Lipinski definition) is 6. The molecule has 0 aliphatic rings. The maximum Gasteiger partial charge on any atom is 0.329 e. The van der Waals surface area contributed by atoms with Crippen LogP contribution in [0.2, 0.25) is 0 Å². The van der Waals surface area contributed by atoms with E-state index in [0.717, 1.165) is 0 Å². The average molecular weight is 557 g/mol. The number of amides is 5. The normalized spacial score (nSPS) is 16.1. The van der Waals surface area contributed by atoms with Gasteiger partial charge in [0.15, 0.2) is 0 Å². The van der Waals surface area contributed by atoms with Gasteiger partial charge in [0.1, 0.15) is 36.3 Å². The Hall–Kier alpha value is -3.22. The number of primary amides is 1. The van der Waals surface area contributed by atoms with Crippen LogP contribution in [0.4, 0.5) is 0 Å². The Morgan fingerprint density at radius 1 is 0.564 bits per heavy atom. The molecule has 0 heterocycles. The molecule has 0 radical (unpaired) electrons. The maximum absolute atomic E-state index is 12.9. The lowest BCUT2D eigenvalue weighted by Gasteiger charge is -2.29. The lowest BCUT2D eigenvalue weighted by atomic mass is 9.99. The van der Waals surface area contributed by atoms with Gasteiger partial charge in [0.25, 0.3) is 0 Å². The summed E-state index contributed by atoms with van der Waals surface area (Å²) in [6, 6.07) is -5.22. The second-order valence-corrected chi connectivity index (χ2v) is 11.2. The van der Waals surface area contributed by atoms with Gasteiger partial charge in [-0.25, -0.2) is 4.79 Å². The third-order valence-corrected chi connectivity index (χ3v) is 6.15. The molecule has 8 N–H and O–H groups in total. The summed E-state index contributed by atoms with van der Waals surface area (Å²) < 4.78 is 5.42. The first-order valence-corrected chi connectivity index (χ1v) is 13.2. The molecule has 0 aromatic rings. The third kappa shape index (κ3) is 11.6. The molecule has 0 aromatic heterocycles. The number of rotatable bonds is 15. The van der Waals surface area contributed by atoms with E-state index in [2.05, 4.69) is 21.3 Å². The largest absolute Gasteiger partial charge is 0.459 e. The van der Waals surface area contributed by atoms with Gasteiger partial charge >= 0.3 is 5.97 Å². The number of nitrogens with two attached hydrogens (primary N) is 2. The van der Waals surface area contributed by atoms with Gasteiger partial charge in [-0.05, 0) is 30.6 Å². The molecular weight excluding hydrogens is 508 g/mol. The van der Waals surface area contributed by atoms with Crippen LogP contribution in [0.5, 0.6) is 0 Å². The van der Waals surface area contributed by atoms with Crippen LogP contribution in [0.15, 0.2) is 0 Å². The Balaban J connectivity index is 5.45. The van der Waals surface area contributed by atoms with E-state index in [1.54, 1.807) is 55.4 Å². The van der Waals surface area contributed by atoms with Gasteiger partial charge < -0.3 is 37.5 Å². The molecule has 0 unspecified atom stereocenters. The molecule has 0 bridgehead atoms. The van der Waals surface area contributed by atoms with Gasteiger partial charge in [-0.15, -0.1) is 0 Å². The second-order valence-electron chi connectivity index (χ2n) is 11.2. The van der Waals surface area contributed by atoms with Gasteiger partial charge in [0.2, 0.25) is 29.5 Å². The highest BCUT2D eigenvalue weighted by Crippen LogP contribution is 2.11. The van der Waals surface area contributed by atoms with Gasteiger partial charge in [0.05, 0.1) is 0 Å². The number of carbonyl (C=O) groups is 6. The molecule has 0 saturated heterocycles. The fourth-order valence-electron chi connectivity index (χ4n) is 3.63. The van der Waals surface area contributed by atoms with Crippen LogP contribution in [0.25, 0.3) is 0 Å². The molecule has 0 fully saturated rings. The number of carbonyl (C=O) groups excluding carboxylic acids is 6. The summed E-state index contributed by atoms with van der Waals surface area (Å²) in [5.41, 5.74) is 11.4. The Kier molecular flexibility index (Phi) is 14.7. The van der Waals surface area contributed by atoms with Crippen molar-refractivity contribution in [1.29, 1.82) is 0 Å². The summed E-state index contributed by atoms with van der Waals surface area (Å²) in [5, 5.41) is 10.3. The molecule has 5 amide bonds. The molecule has 39 heavy (non-hydrogen) atoms. The van der Waals surface area contributed by atoms with Crippen LogP contribution in [-0.2, 0) is 33.5 Å². The van der Waals surface area contributed by atoms with Gasteiger partial charge in [-0.1, -0.05) is 55.4 Å². The summed E-state index contributed by atoms with van der Waals surface area (Å²) in [7, 11) is 0. The maximum atomic E-state index is 12.9. The van der Waals surface area contributed by atoms with Crippen molar-refractivity contribution in [1.82, 2.24) is 21.3 Å². The Labute approximate surface area is 231 Å². The van der Waals surface area contributed by atoms with E-state index < -0.39 is 65.9 Å². The van der Waals surface area contributed by atoms with E-state index >= 15 is 0 Å². The first-order chi connectivity index (χ1) is 17.8. The van der Waals surface area contributed by atoms with Crippen LogP contribution in [0.3, 0.4) is 0 Å². The van der Waals surface area contributed by atoms with Crippen LogP contribution < -0.4 is 32.7 Å². The van der Waals surface area contributed by atoms with Crippen molar-refractivity contribution in [2.45, 2.75) is 106 Å². The summed E-state index contributed by atoms with van der Waals surface area (Å²) in [6.45, 7) is 16.5. The van der Waals surface area contributed by atoms with Crippen molar-refractivity contribution < 1.29 is 33.5 Å². The van der Waals surface area contributed by atoms with Crippen LogP contribution >= 0.6 is 0 Å². The highest BCUT2D eigenvalue weighted by atomic mass is 16.5. The number of hydrogen-bond acceptors (Lipinski definition) is 8. The summed E-state index contributed by atoms with van der Waals surface area (Å²) in [6.07, 6.45) is -1.11. The van der Waals surface area contributed by atoms with E-state index in [4.69, 9.17) is 16.2 Å². The molecule has 0 aliphatic heterocycles.